The minimum Gasteiger partial charge on any atom is -0.381 e. The van der Waals surface area contributed by atoms with Crippen LogP contribution in [-0.2, 0) is 9.53 Å². The van der Waals surface area contributed by atoms with Gasteiger partial charge in [-0.05, 0) is 18.9 Å². The van der Waals surface area contributed by atoms with E-state index < -0.39 is 0 Å². The van der Waals surface area contributed by atoms with Gasteiger partial charge < -0.3 is 4.74 Å². The molecule has 1 unspecified atom stereocenters. The van der Waals surface area contributed by atoms with Gasteiger partial charge in [0.15, 0.2) is 5.78 Å². The lowest BCUT2D eigenvalue weighted by Gasteiger charge is -1.99. The molecule has 1 fully saturated rings. The smallest absolute Gasteiger partial charge is 0.160 e. The normalized spacial score (nSPS) is 24.6. The van der Waals surface area contributed by atoms with Gasteiger partial charge in [-0.15, -0.1) is 0 Å². The van der Waals surface area contributed by atoms with Crippen LogP contribution in [0.15, 0.2) is 12.2 Å². The minimum absolute atomic E-state index is 0.137. The van der Waals surface area contributed by atoms with E-state index >= 15 is 0 Å². The summed E-state index contributed by atoms with van der Waals surface area (Å²) in [6.07, 6.45) is 5.41. The van der Waals surface area contributed by atoms with Crippen molar-refractivity contribution in [3.63, 3.8) is 0 Å². The second-order valence-corrected chi connectivity index (χ2v) is 2.77. The molecule has 0 bridgehead atoms. The summed E-state index contributed by atoms with van der Waals surface area (Å²) in [5.74, 6) is 0.363. The molecule has 1 heterocycles. The van der Waals surface area contributed by atoms with Crippen molar-refractivity contribution in [3.8, 4) is 0 Å². The summed E-state index contributed by atoms with van der Waals surface area (Å²) >= 11 is 0. The molecule has 0 aromatic rings. The van der Waals surface area contributed by atoms with Crippen LogP contribution in [0.25, 0.3) is 0 Å². The Morgan fingerprint density at radius 3 is 3.09 bits per heavy atom. The Morgan fingerprint density at radius 1 is 1.73 bits per heavy atom. The van der Waals surface area contributed by atoms with Gasteiger partial charge in [-0.2, -0.15) is 0 Å². The molecule has 0 amide bonds. The Hall–Kier alpha value is -0.630. The molecule has 0 spiro atoms. The highest BCUT2D eigenvalue weighted by Crippen LogP contribution is 2.13. The highest BCUT2D eigenvalue weighted by molar-refractivity contribution is 5.91. The van der Waals surface area contributed by atoms with Gasteiger partial charge in [0.05, 0.1) is 6.61 Å². The topological polar surface area (TPSA) is 26.3 Å². The van der Waals surface area contributed by atoms with E-state index in [1.54, 1.807) is 6.08 Å². The fourth-order valence-corrected chi connectivity index (χ4v) is 1.13. The van der Waals surface area contributed by atoms with E-state index in [9.17, 15) is 4.79 Å². The molecule has 0 radical (unpaired) electrons. The first-order chi connectivity index (χ1) is 5.34. The molecule has 2 heteroatoms. The summed E-state index contributed by atoms with van der Waals surface area (Å²) in [5.41, 5.74) is 0. The molecule has 1 aliphatic heterocycles. The zero-order valence-corrected chi connectivity index (χ0v) is 6.88. The standard InChI is InChI=1S/C9H14O2/c1-2-3-4-9(10)8-5-6-11-7-8/h3-4,8H,2,5-7H2,1H3/b4-3+. The molecule has 2 nitrogen and oxygen atoms in total. The van der Waals surface area contributed by atoms with Crippen LogP contribution in [0.2, 0.25) is 0 Å². The molecule has 0 aliphatic carbocycles. The first-order valence-corrected chi connectivity index (χ1v) is 4.12. The lowest BCUT2D eigenvalue weighted by molar-refractivity contribution is -0.118. The number of rotatable bonds is 3. The first-order valence-electron chi connectivity index (χ1n) is 4.12. The van der Waals surface area contributed by atoms with Crippen molar-refractivity contribution in [2.45, 2.75) is 19.8 Å². The molecule has 0 saturated carbocycles. The van der Waals surface area contributed by atoms with E-state index in [2.05, 4.69) is 0 Å². The Labute approximate surface area is 67.2 Å². The van der Waals surface area contributed by atoms with Gasteiger partial charge >= 0.3 is 0 Å². The number of hydrogen-bond acceptors (Lipinski definition) is 2. The lowest BCUT2D eigenvalue weighted by Crippen LogP contribution is -2.10. The van der Waals surface area contributed by atoms with E-state index in [0.29, 0.717) is 6.61 Å². The molecular weight excluding hydrogens is 140 g/mol. The summed E-state index contributed by atoms with van der Waals surface area (Å²) in [5, 5.41) is 0. The number of carbonyl (C=O) groups is 1. The van der Waals surface area contributed by atoms with E-state index in [0.717, 1.165) is 19.4 Å². The third-order valence-electron chi connectivity index (χ3n) is 1.85. The van der Waals surface area contributed by atoms with Crippen molar-refractivity contribution in [1.82, 2.24) is 0 Å². The lowest BCUT2D eigenvalue weighted by atomic mass is 10.0. The highest BCUT2D eigenvalue weighted by atomic mass is 16.5. The Bertz CT molecular complexity index is 155. The van der Waals surface area contributed by atoms with Gasteiger partial charge in [0.1, 0.15) is 0 Å². The predicted molar refractivity (Wildman–Crippen MR) is 43.4 cm³/mol. The Kier molecular flexibility index (Phi) is 3.30. The van der Waals surface area contributed by atoms with Crippen LogP contribution >= 0.6 is 0 Å². The SMILES string of the molecule is CC/C=C/C(=O)C1CCOC1. The van der Waals surface area contributed by atoms with Gasteiger partial charge in [0.2, 0.25) is 0 Å². The zero-order chi connectivity index (χ0) is 8.10. The van der Waals surface area contributed by atoms with Crippen molar-refractivity contribution >= 4 is 5.78 Å². The van der Waals surface area contributed by atoms with Crippen LogP contribution in [0, 0.1) is 5.92 Å². The monoisotopic (exact) mass is 154 g/mol. The van der Waals surface area contributed by atoms with Crippen molar-refractivity contribution < 1.29 is 9.53 Å². The van der Waals surface area contributed by atoms with Crippen molar-refractivity contribution in [1.29, 1.82) is 0 Å². The summed E-state index contributed by atoms with van der Waals surface area (Å²) in [6, 6.07) is 0. The summed E-state index contributed by atoms with van der Waals surface area (Å²) in [4.78, 5) is 11.2. The molecule has 0 aromatic carbocycles. The zero-order valence-electron chi connectivity index (χ0n) is 6.88. The van der Waals surface area contributed by atoms with E-state index in [-0.39, 0.29) is 11.7 Å². The molecular formula is C9H14O2. The van der Waals surface area contributed by atoms with Crippen molar-refractivity contribution in [2.24, 2.45) is 5.92 Å². The van der Waals surface area contributed by atoms with Gasteiger partial charge in [0.25, 0.3) is 0 Å². The number of allylic oxidation sites excluding steroid dienone is 2. The quantitative estimate of drug-likeness (QED) is 0.576. The molecule has 62 valence electrons. The van der Waals surface area contributed by atoms with Crippen LogP contribution in [0.4, 0.5) is 0 Å². The predicted octanol–water partition coefficient (Wildman–Crippen LogP) is 1.56. The number of hydrogen-bond donors (Lipinski definition) is 0. The molecule has 11 heavy (non-hydrogen) atoms. The number of ether oxygens (including phenoxy) is 1. The molecule has 0 aromatic heterocycles. The largest absolute Gasteiger partial charge is 0.381 e. The fourth-order valence-electron chi connectivity index (χ4n) is 1.13. The van der Waals surface area contributed by atoms with Crippen LogP contribution in [0.5, 0.6) is 0 Å². The Morgan fingerprint density at radius 2 is 2.55 bits per heavy atom. The Balaban J connectivity index is 2.34. The summed E-state index contributed by atoms with van der Waals surface area (Å²) in [6.45, 7) is 3.39. The average molecular weight is 154 g/mol. The fraction of sp³-hybridized carbons (Fsp3) is 0.667. The van der Waals surface area contributed by atoms with Gasteiger partial charge in [-0.1, -0.05) is 13.0 Å². The minimum atomic E-state index is 0.137. The summed E-state index contributed by atoms with van der Waals surface area (Å²) < 4.78 is 5.10. The van der Waals surface area contributed by atoms with Gasteiger partial charge in [0, 0.05) is 12.5 Å². The first kappa shape index (κ1) is 8.47. The van der Waals surface area contributed by atoms with Crippen LogP contribution in [0.1, 0.15) is 19.8 Å². The van der Waals surface area contributed by atoms with Crippen molar-refractivity contribution in [2.75, 3.05) is 13.2 Å². The molecule has 0 N–H and O–H groups in total. The molecule has 1 saturated heterocycles. The third kappa shape index (κ3) is 2.46. The van der Waals surface area contributed by atoms with Crippen LogP contribution in [-0.4, -0.2) is 19.0 Å². The average Bonchev–Trinajstić information content (AvgIpc) is 2.52. The van der Waals surface area contributed by atoms with E-state index in [1.165, 1.54) is 0 Å². The molecule has 1 aliphatic rings. The van der Waals surface area contributed by atoms with Gasteiger partial charge in [-0.3, -0.25) is 4.79 Å². The highest BCUT2D eigenvalue weighted by Gasteiger charge is 2.20. The second-order valence-electron chi connectivity index (χ2n) is 2.77. The number of carbonyl (C=O) groups excluding carboxylic acids is 1. The number of ketones is 1. The van der Waals surface area contributed by atoms with Crippen LogP contribution in [0.3, 0.4) is 0 Å². The van der Waals surface area contributed by atoms with Crippen LogP contribution < -0.4 is 0 Å². The third-order valence-corrected chi connectivity index (χ3v) is 1.85. The summed E-state index contributed by atoms with van der Waals surface area (Å²) in [7, 11) is 0. The molecule has 1 rings (SSSR count). The molecule has 1 atom stereocenters. The van der Waals surface area contributed by atoms with E-state index in [1.807, 2.05) is 13.0 Å². The van der Waals surface area contributed by atoms with E-state index in [4.69, 9.17) is 4.74 Å². The second kappa shape index (κ2) is 4.29. The van der Waals surface area contributed by atoms with Gasteiger partial charge in [-0.25, -0.2) is 0 Å². The van der Waals surface area contributed by atoms with Crippen molar-refractivity contribution in [3.05, 3.63) is 12.2 Å². The maximum absolute atomic E-state index is 11.2. The maximum Gasteiger partial charge on any atom is 0.160 e. The maximum atomic E-state index is 11.2.